The fourth-order valence-electron chi connectivity index (χ4n) is 1.84. The van der Waals surface area contributed by atoms with Crippen molar-refractivity contribution < 1.29 is 0 Å². The molecule has 4 heteroatoms. The lowest BCUT2D eigenvalue weighted by Crippen LogP contribution is -1.89. The molecule has 0 aliphatic rings. The Morgan fingerprint density at radius 2 is 2.00 bits per heavy atom. The molecule has 3 nitrogen and oxygen atoms in total. The predicted octanol–water partition coefficient (Wildman–Crippen LogP) is 3.06. The number of hydrogen-bond donors (Lipinski definition) is 0. The third-order valence-electron chi connectivity index (χ3n) is 2.71. The number of halogens is 1. The number of rotatable bonds is 1. The number of pyridine rings is 1. The topological polar surface area (TPSA) is 30.7 Å². The Morgan fingerprint density at radius 1 is 1.12 bits per heavy atom. The first-order valence-electron chi connectivity index (χ1n) is 5.18. The monoisotopic (exact) mass is 245 g/mol. The second-order valence-electron chi connectivity index (χ2n) is 3.76. The van der Waals surface area contributed by atoms with E-state index in [1.54, 1.807) is 0 Å². The van der Waals surface area contributed by atoms with Gasteiger partial charge in [-0.1, -0.05) is 18.2 Å². The van der Waals surface area contributed by atoms with Crippen LogP contribution < -0.4 is 0 Å². The van der Waals surface area contributed by atoms with Gasteiger partial charge in [0.1, 0.15) is 0 Å². The summed E-state index contributed by atoms with van der Waals surface area (Å²) in [7, 11) is 1.95. The van der Waals surface area contributed by atoms with Crippen LogP contribution in [0.4, 0.5) is 0 Å². The normalized spacial score (nSPS) is 10.2. The van der Waals surface area contributed by atoms with E-state index in [4.69, 9.17) is 0 Å². The first-order chi connectivity index (χ1) is 7.84. The highest BCUT2D eigenvalue weighted by Crippen LogP contribution is 2.22. The molecule has 0 radical (unpaired) electrons. The predicted molar refractivity (Wildman–Crippen MR) is 71.2 cm³/mol. The van der Waals surface area contributed by atoms with Crippen LogP contribution in [-0.4, -0.2) is 14.8 Å². The maximum absolute atomic E-state index is 4.34. The molecular weight excluding hydrogens is 234 g/mol. The van der Waals surface area contributed by atoms with Crippen LogP contribution in [0.15, 0.2) is 48.8 Å². The van der Waals surface area contributed by atoms with Gasteiger partial charge in [0.05, 0.1) is 17.4 Å². The number of nitrogens with zero attached hydrogens (tertiary/aromatic N) is 3. The molecular formula is C13H12ClN3. The zero-order valence-corrected chi connectivity index (χ0v) is 10.2. The van der Waals surface area contributed by atoms with Gasteiger partial charge in [-0.05, 0) is 18.2 Å². The van der Waals surface area contributed by atoms with E-state index in [0.717, 1.165) is 22.2 Å². The molecule has 0 fully saturated rings. The highest BCUT2D eigenvalue weighted by atomic mass is 35.5. The molecule has 0 aliphatic heterocycles. The van der Waals surface area contributed by atoms with Crippen molar-refractivity contribution in [3.63, 3.8) is 0 Å². The summed E-state index contributed by atoms with van der Waals surface area (Å²) in [5.41, 5.74) is 3.24. The van der Waals surface area contributed by atoms with Crippen LogP contribution in [0.5, 0.6) is 0 Å². The smallest absolute Gasteiger partial charge is 0.0702 e. The summed E-state index contributed by atoms with van der Waals surface area (Å²) in [6.45, 7) is 0. The molecule has 0 amide bonds. The van der Waals surface area contributed by atoms with Crippen molar-refractivity contribution in [2.24, 2.45) is 7.05 Å². The molecule has 0 saturated heterocycles. The molecule has 86 valence electrons. The van der Waals surface area contributed by atoms with Crippen LogP contribution in [-0.2, 0) is 7.05 Å². The van der Waals surface area contributed by atoms with Crippen molar-refractivity contribution >= 4 is 23.3 Å². The highest BCUT2D eigenvalue weighted by molar-refractivity contribution is 5.85. The zero-order valence-electron chi connectivity index (χ0n) is 9.37. The molecule has 0 spiro atoms. The number of fused-ring (bicyclic) bond motifs is 1. The van der Waals surface area contributed by atoms with Gasteiger partial charge in [-0.25, -0.2) is 0 Å². The van der Waals surface area contributed by atoms with Crippen LogP contribution in [0, 0.1) is 0 Å². The lowest BCUT2D eigenvalue weighted by atomic mass is 10.1. The lowest BCUT2D eigenvalue weighted by molar-refractivity contribution is 0.797. The standard InChI is InChI=1S/C13H11N3.ClH/c1-16-13-8-10(5-6-11(13)9-15-16)12-4-2-3-7-14-12;/h2-9H,1H3;1H. The molecule has 0 unspecified atom stereocenters. The van der Waals surface area contributed by atoms with Crippen molar-refractivity contribution in [1.82, 2.24) is 14.8 Å². The summed E-state index contributed by atoms with van der Waals surface area (Å²) >= 11 is 0. The Hall–Kier alpha value is -1.87. The van der Waals surface area contributed by atoms with Crippen molar-refractivity contribution in [1.29, 1.82) is 0 Å². The Bertz CT molecular complexity index is 631. The second-order valence-corrected chi connectivity index (χ2v) is 3.76. The summed E-state index contributed by atoms with van der Waals surface area (Å²) in [6.07, 6.45) is 3.68. The average molecular weight is 246 g/mol. The van der Waals surface area contributed by atoms with E-state index in [0.29, 0.717) is 0 Å². The zero-order chi connectivity index (χ0) is 11.0. The van der Waals surface area contributed by atoms with Gasteiger partial charge in [0, 0.05) is 24.2 Å². The van der Waals surface area contributed by atoms with Crippen molar-refractivity contribution in [3.05, 3.63) is 48.8 Å². The first-order valence-corrected chi connectivity index (χ1v) is 5.18. The van der Waals surface area contributed by atoms with Gasteiger partial charge in [0.25, 0.3) is 0 Å². The summed E-state index contributed by atoms with van der Waals surface area (Å²) < 4.78 is 1.88. The Labute approximate surface area is 106 Å². The third kappa shape index (κ3) is 2.01. The van der Waals surface area contributed by atoms with Gasteiger partial charge in [0.15, 0.2) is 0 Å². The molecule has 2 heterocycles. The Kier molecular flexibility index (Phi) is 3.11. The van der Waals surface area contributed by atoms with E-state index in [1.807, 2.05) is 42.3 Å². The molecule has 1 aromatic carbocycles. The number of hydrogen-bond acceptors (Lipinski definition) is 2. The van der Waals surface area contributed by atoms with Gasteiger partial charge >= 0.3 is 0 Å². The minimum Gasteiger partial charge on any atom is -0.268 e. The maximum Gasteiger partial charge on any atom is 0.0702 e. The Balaban J connectivity index is 0.00000108. The SMILES string of the molecule is Cl.Cn1ncc2ccc(-c3ccccn3)cc21. The minimum atomic E-state index is 0. The molecule has 3 aromatic rings. The molecule has 0 bridgehead atoms. The fraction of sp³-hybridized carbons (Fsp3) is 0.0769. The fourth-order valence-corrected chi connectivity index (χ4v) is 1.84. The van der Waals surface area contributed by atoms with E-state index in [2.05, 4.69) is 28.3 Å². The van der Waals surface area contributed by atoms with Crippen LogP contribution in [0.2, 0.25) is 0 Å². The highest BCUT2D eigenvalue weighted by Gasteiger charge is 2.03. The number of benzene rings is 1. The largest absolute Gasteiger partial charge is 0.268 e. The van der Waals surface area contributed by atoms with E-state index >= 15 is 0 Å². The summed E-state index contributed by atoms with van der Waals surface area (Å²) in [5.74, 6) is 0. The van der Waals surface area contributed by atoms with Gasteiger partial charge in [-0.15, -0.1) is 12.4 Å². The third-order valence-corrected chi connectivity index (χ3v) is 2.71. The van der Waals surface area contributed by atoms with E-state index in [9.17, 15) is 0 Å². The molecule has 17 heavy (non-hydrogen) atoms. The number of aromatic nitrogens is 3. The molecule has 3 rings (SSSR count). The van der Waals surface area contributed by atoms with Crippen LogP contribution in [0.1, 0.15) is 0 Å². The van der Waals surface area contributed by atoms with Crippen molar-refractivity contribution in [2.75, 3.05) is 0 Å². The molecule has 0 saturated carbocycles. The average Bonchev–Trinajstić information content (AvgIpc) is 2.72. The van der Waals surface area contributed by atoms with Crippen LogP contribution in [0.3, 0.4) is 0 Å². The summed E-state index contributed by atoms with van der Waals surface area (Å²) in [5, 5.41) is 5.38. The van der Waals surface area contributed by atoms with Gasteiger partial charge in [0.2, 0.25) is 0 Å². The minimum absolute atomic E-state index is 0. The van der Waals surface area contributed by atoms with Gasteiger partial charge in [-0.3, -0.25) is 9.67 Å². The van der Waals surface area contributed by atoms with Gasteiger partial charge in [-0.2, -0.15) is 5.10 Å². The molecule has 2 aromatic heterocycles. The van der Waals surface area contributed by atoms with Gasteiger partial charge < -0.3 is 0 Å². The van der Waals surface area contributed by atoms with E-state index in [1.165, 1.54) is 0 Å². The lowest BCUT2D eigenvalue weighted by Gasteiger charge is -2.01. The Morgan fingerprint density at radius 3 is 2.76 bits per heavy atom. The van der Waals surface area contributed by atoms with Crippen LogP contribution in [0.25, 0.3) is 22.2 Å². The quantitative estimate of drug-likeness (QED) is 0.660. The van der Waals surface area contributed by atoms with Crippen molar-refractivity contribution in [3.8, 4) is 11.3 Å². The van der Waals surface area contributed by atoms with Crippen LogP contribution >= 0.6 is 12.4 Å². The maximum atomic E-state index is 4.34. The van der Waals surface area contributed by atoms with E-state index < -0.39 is 0 Å². The summed E-state index contributed by atoms with van der Waals surface area (Å²) in [6, 6.07) is 12.2. The molecule has 0 N–H and O–H groups in total. The summed E-state index contributed by atoms with van der Waals surface area (Å²) in [4.78, 5) is 4.34. The van der Waals surface area contributed by atoms with Crippen molar-refractivity contribution in [2.45, 2.75) is 0 Å². The number of aryl methyl sites for hydroxylation is 1. The molecule has 0 aliphatic carbocycles. The van der Waals surface area contributed by atoms with E-state index in [-0.39, 0.29) is 12.4 Å². The molecule has 0 atom stereocenters. The first kappa shape index (κ1) is 11.6. The second kappa shape index (κ2) is 4.55.